The maximum atomic E-state index is 12.4. The second kappa shape index (κ2) is 8.36. The lowest BCUT2D eigenvalue weighted by molar-refractivity contribution is -0.124. The summed E-state index contributed by atoms with van der Waals surface area (Å²) in [5.41, 5.74) is 1.49. The molecule has 1 aliphatic rings. The Morgan fingerprint density at radius 3 is 2.14 bits per heavy atom. The van der Waals surface area contributed by atoms with Crippen molar-refractivity contribution in [1.82, 2.24) is 4.90 Å². The molecule has 1 unspecified atom stereocenters. The number of carbonyl (C=O) groups excluding carboxylic acids is 3. The van der Waals surface area contributed by atoms with E-state index in [1.54, 1.807) is 19.9 Å². The quantitative estimate of drug-likeness (QED) is 0.744. The van der Waals surface area contributed by atoms with Gasteiger partial charge in [0, 0.05) is 5.57 Å². The minimum absolute atomic E-state index is 0.0683. The number of hydrogen-bond donors (Lipinski definition) is 0. The van der Waals surface area contributed by atoms with Crippen molar-refractivity contribution in [2.75, 3.05) is 13.2 Å². The average Bonchev–Trinajstić information content (AvgIpc) is 2.48. The molecule has 0 bridgehead atoms. The highest BCUT2D eigenvalue weighted by Crippen LogP contribution is 2.29. The SMILES string of the molecule is C=C(C)C1CC=C(C(=O)N(C(=O)OCC)C(=O)OCC)CC1. The molecule has 22 heavy (non-hydrogen) atoms. The van der Waals surface area contributed by atoms with Gasteiger partial charge in [0.1, 0.15) is 0 Å². The second-order valence-electron chi connectivity index (χ2n) is 5.09. The van der Waals surface area contributed by atoms with Crippen LogP contribution in [0.15, 0.2) is 23.8 Å². The molecule has 0 heterocycles. The summed E-state index contributed by atoms with van der Waals surface area (Å²) in [6.45, 7) is 9.21. The summed E-state index contributed by atoms with van der Waals surface area (Å²) in [7, 11) is 0. The highest BCUT2D eigenvalue weighted by atomic mass is 16.6. The summed E-state index contributed by atoms with van der Waals surface area (Å²) in [5, 5.41) is 0. The van der Waals surface area contributed by atoms with E-state index in [1.165, 1.54) is 0 Å². The first-order chi connectivity index (χ1) is 10.4. The van der Waals surface area contributed by atoms with Crippen molar-refractivity contribution in [3.8, 4) is 0 Å². The molecule has 6 heteroatoms. The third kappa shape index (κ3) is 4.44. The first kappa shape index (κ1) is 17.9. The Hall–Kier alpha value is -2.11. The Morgan fingerprint density at radius 1 is 1.23 bits per heavy atom. The van der Waals surface area contributed by atoms with Crippen molar-refractivity contribution >= 4 is 18.1 Å². The van der Waals surface area contributed by atoms with Crippen molar-refractivity contribution in [3.05, 3.63) is 23.8 Å². The van der Waals surface area contributed by atoms with Gasteiger partial charge in [-0.2, -0.15) is 0 Å². The molecule has 0 aliphatic heterocycles. The third-order valence-electron chi connectivity index (χ3n) is 3.49. The molecule has 1 aliphatic carbocycles. The van der Waals surface area contributed by atoms with Crippen LogP contribution in [0.5, 0.6) is 0 Å². The number of rotatable bonds is 4. The van der Waals surface area contributed by atoms with Crippen molar-refractivity contribution in [1.29, 1.82) is 0 Å². The van der Waals surface area contributed by atoms with Gasteiger partial charge in [0.05, 0.1) is 13.2 Å². The van der Waals surface area contributed by atoms with Crippen LogP contribution in [0.2, 0.25) is 0 Å². The highest BCUT2D eigenvalue weighted by Gasteiger charge is 2.34. The van der Waals surface area contributed by atoms with Gasteiger partial charge in [-0.3, -0.25) is 4.79 Å². The number of carbonyl (C=O) groups is 3. The van der Waals surface area contributed by atoms with Gasteiger partial charge < -0.3 is 9.47 Å². The molecular formula is C16H23NO5. The van der Waals surface area contributed by atoms with Crippen LogP contribution in [-0.2, 0) is 14.3 Å². The van der Waals surface area contributed by atoms with Crippen molar-refractivity contribution in [2.45, 2.75) is 40.0 Å². The normalized spacial score (nSPS) is 17.2. The molecule has 1 rings (SSSR count). The van der Waals surface area contributed by atoms with Gasteiger partial charge in [-0.15, -0.1) is 4.90 Å². The van der Waals surface area contributed by atoms with Gasteiger partial charge >= 0.3 is 12.2 Å². The van der Waals surface area contributed by atoms with Crippen LogP contribution < -0.4 is 0 Å². The van der Waals surface area contributed by atoms with E-state index in [4.69, 9.17) is 9.47 Å². The predicted octanol–water partition coefficient (Wildman–Crippen LogP) is 3.43. The molecular weight excluding hydrogens is 286 g/mol. The van der Waals surface area contributed by atoms with E-state index in [-0.39, 0.29) is 13.2 Å². The smallest absolute Gasteiger partial charge is 0.426 e. The summed E-state index contributed by atoms with van der Waals surface area (Å²) in [6, 6.07) is 0. The molecule has 3 amide bonds. The number of nitrogens with zero attached hydrogens (tertiary/aromatic N) is 1. The topological polar surface area (TPSA) is 72.9 Å². The molecule has 0 spiro atoms. The Morgan fingerprint density at radius 2 is 1.77 bits per heavy atom. The van der Waals surface area contributed by atoms with Crippen LogP contribution >= 0.6 is 0 Å². The lowest BCUT2D eigenvalue weighted by Gasteiger charge is -2.24. The number of hydrogen-bond acceptors (Lipinski definition) is 5. The summed E-state index contributed by atoms with van der Waals surface area (Å²) >= 11 is 0. The largest absolute Gasteiger partial charge is 0.449 e. The highest BCUT2D eigenvalue weighted by molar-refractivity contribution is 6.12. The molecule has 1 atom stereocenters. The van der Waals surface area contributed by atoms with E-state index >= 15 is 0 Å². The molecule has 0 aromatic carbocycles. The molecule has 0 saturated carbocycles. The van der Waals surface area contributed by atoms with E-state index < -0.39 is 18.1 Å². The lowest BCUT2D eigenvalue weighted by atomic mass is 9.85. The van der Waals surface area contributed by atoms with Gasteiger partial charge in [0.15, 0.2) is 0 Å². The fourth-order valence-electron chi connectivity index (χ4n) is 2.24. The average molecular weight is 309 g/mol. The van der Waals surface area contributed by atoms with Gasteiger partial charge in [-0.1, -0.05) is 18.2 Å². The fourth-order valence-corrected chi connectivity index (χ4v) is 2.24. The minimum Gasteiger partial charge on any atom is -0.449 e. The van der Waals surface area contributed by atoms with Crippen LogP contribution in [0.1, 0.15) is 40.0 Å². The van der Waals surface area contributed by atoms with E-state index in [2.05, 4.69) is 6.58 Å². The Bertz CT molecular complexity index is 477. The summed E-state index contributed by atoms with van der Waals surface area (Å²) in [6.07, 6.45) is 1.69. The maximum Gasteiger partial charge on any atom is 0.426 e. The zero-order chi connectivity index (χ0) is 16.7. The minimum atomic E-state index is -1.01. The molecule has 0 fully saturated rings. The number of imide groups is 3. The molecule has 0 N–H and O–H groups in total. The third-order valence-corrected chi connectivity index (χ3v) is 3.49. The van der Waals surface area contributed by atoms with E-state index in [0.717, 1.165) is 12.0 Å². The Balaban J connectivity index is 2.90. The van der Waals surface area contributed by atoms with Crippen molar-refractivity contribution in [2.24, 2.45) is 5.92 Å². The van der Waals surface area contributed by atoms with E-state index in [0.29, 0.717) is 29.2 Å². The number of amides is 3. The van der Waals surface area contributed by atoms with Crippen LogP contribution in [0.25, 0.3) is 0 Å². The van der Waals surface area contributed by atoms with Gasteiger partial charge in [0.25, 0.3) is 5.91 Å². The number of ether oxygens (including phenoxy) is 2. The monoisotopic (exact) mass is 309 g/mol. The first-order valence-electron chi connectivity index (χ1n) is 7.44. The zero-order valence-corrected chi connectivity index (χ0v) is 13.4. The van der Waals surface area contributed by atoms with E-state index in [1.807, 2.05) is 6.92 Å². The Labute approximate surface area is 130 Å². The van der Waals surface area contributed by atoms with Crippen LogP contribution in [-0.4, -0.2) is 36.2 Å². The van der Waals surface area contributed by atoms with Crippen LogP contribution in [0, 0.1) is 5.92 Å². The summed E-state index contributed by atoms with van der Waals surface area (Å²) in [4.78, 5) is 36.6. The molecule has 0 aromatic heterocycles. The zero-order valence-electron chi connectivity index (χ0n) is 13.4. The van der Waals surface area contributed by atoms with Crippen molar-refractivity contribution < 1.29 is 23.9 Å². The summed E-state index contributed by atoms with van der Waals surface area (Å²) in [5.74, 6) is -0.341. The standard InChI is InChI=1S/C16H23NO5/c1-5-21-15(19)17(16(20)22-6-2)14(18)13-9-7-12(8-10-13)11(3)4/h9,12H,3,5-8,10H2,1-2,4H3. The molecule has 0 aromatic rings. The molecule has 6 nitrogen and oxygen atoms in total. The van der Waals surface area contributed by atoms with Gasteiger partial charge in [-0.25, -0.2) is 9.59 Å². The van der Waals surface area contributed by atoms with Gasteiger partial charge in [0.2, 0.25) is 0 Å². The van der Waals surface area contributed by atoms with Crippen LogP contribution in [0.3, 0.4) is 0 Å². The fraction of sp³-hybridized carbons (Fsp3) is 0.562. The lowest BCUT2D eigenvalue weighted by Crippen LogP contribution is -2.43. The maximum absolute atomic E-state index is 12.4. The Kier molecular flexibility index (Phi) is 6.82. The summed E-state index contributed by atoms with van der Waals surface area (Å²) < 4.78 is 9.53. The molecule has 0 radical (unpaired) electrons. The molecule has 122 valence electrons. The predicted molar refractivity (Wildman–Crippen MR) is 81.1 cm³/mol. The van der Waals surface area contributed by atoms with Crippen molar-refractivity contribution in [3.63, 3.8) is 0 Å². The second-order valence-corrected chi connectivity index (χ2v) is 5.09. The number of allylic oxidation sites excluding steroid dienone is 2. The van der Waals surface area contributed by atoms with E-state index in [9.17, 15) is 14.4 Å². The van der Waals surface area contributed by atoms with Gasteiger partial charge in [-0.05, 0) is 46.0 Å². The van der Waals surface area contributed by atoms with Crippen LogP contribution in [0.4, 0.5) is 9.59 Å². The first-order valence-corrected chi connectivity index (χ1v) is 7.44. The molecule has 0 saturated heterocycles.